The molecule has 0 aromatic carbocycles. The van der Waals surface area contributed by atoms with Crippen LogP contribution in [0, 0.1) is 24.0 Å². The first-order chi connectivity index (χ1) is 10.8. The molecule has 0 atom stereocenters. The molecule has 0 radical (unpaired) electrons. The number of halogens is 1. The van der Waals surface area contributed by atoms with Crippen molar-refractivity contribution in [1.82, 2.24) is 9.78 Å². The lowest BCUT2D eigenvalue weighted by Gasteiger charge is -2.02. The lowest BCUT2D eigenvalue weighted by atomic mass is 10.3. The average molecular weight is 386 g/mol. The molecule has 2 rings (SSSR count). The van der Waals surface area contributed by atoms with Crippen molar-refractivity contribution >= 4 is 33.4 Å². The molecule has 2 aromatic heterocycles. The van der Waals surface area contributed by atoms with E-state index in [1.54, 1.807) is 0 Å². The van der Waals surface area contributed by atoms with Crippen LogP contribution in [0.4, 0.5) is 5.69 Å². The fraction of sp³-hybridized carbons (Fsp3) is 0.250. The quantitative estimate of drug-likeness (QED) is 0.272. The molecule has 2 aromatic rings. The van der Waals surface area contributed by atoms with Gasteiger partial charge in [-0.15, -0.1) is 0 Å². The molecule has 0 spiro atoms. The van der Waals surface area contributed by atoms with Crippen molar-refractivity contribution in [2.75, 3.05) is 0 Å². The predicted molar refractivity (Wildman–Crippen MR) is 81.8 cm³/mol. The fourth-order valence-corrected chi connectivity index (χ4v) is 2.16. The smallest absolute Gasteiger partial charge is 0.400 e. The van der Waals surface area contributed by atoms with E-state index in [0.717, 1.165) is 0 Å². The number of nitrogens with two attached hydrogens (primary N) is 1. The Labute approximate surface area is 138 Å². The number of nitro groups is 1. The number of aryl methyl sites for hydroxylation is 1. The SMILES string of the molecule is Cc1nn(C/C(N)=N/OC(=O)c2ccc(Br)o2)c(C)c1[N+](=O)[O-]. The van der Waals surface area contributed by atoms with Gasteiger partial charge in [0.1, 0.15) is 17.9 Å². The van der Waals surface area contributed by atoms with Gasteiger partial charge in [-0.05, 0) is 41.9 Å². The summed E-state index contributed by atoms with van der Waals surface area (Å²) in [6.45, 7) is 3.00. The van der Waals surface area contributed by atoms with E-state index in [1.165, 1.54) is 30.7 Å². The average Bonchev–Trinajstić information content (AvgIpc) is 3.00. The molecule has 2 heterocycles. The van der Waals surface area contributed by atoms with Crippen LogP contribution in [0.1, 0.15) is 21.9 Å². The van der Waals surface area contributed by atoms with Gasteiger partial charge in [0.2, 0.25) is 5.76 Å². The molecule has 10 nitrogen and oxygen atoms in total. The molecule has 0 fully saturated rings. The molecule has 0 saturated heterocycles. The van der Waals surface area contributed by atoms with E-state index < -0.39 is 10.9 Å². The summed E-state index contributed by atoms with van der Waals surface area (Å²) >= 11 is 3.05. The minimum atomic E-state index is -0.821. The third kappa shape index (κ3) is 3.74. The van der Waals surface area contributed by atoms with Gasteiger partial charge < -0.3 is 15.0 Å². The van der Waals surface area contributed by atoms with Crippen molar-refractivity contribution in [3.63, 3.8) is 0 Å². The minimum absolute atomic E-state index is 0.0461. The summed E-state index contributed by atoms with van der Waals surface area (Å²) < 4.78 is 6.68. The number of amidine groups is 1. The molecule has 0 aliphatic rings. The summed E-state index contributed by atoms with van der Waals surface area (Å²) in [4.78, 5) is 26.7. The van der Waals surface area contributed by atoms with E-state index in [4.69, 9.17) is 10.2 Å². The highest BCUT2D eigenvalue weighted by Gasteiger charge is 2.22. The second kappa shape index (κ2) is 6.60. The maximum Gasteiger partial charge on any atom is 0.400 e. The Kier molecular flexibility index (Phi) is 4.79. The Morgan fingerprint density at radius 3 is 2.78 bits per heavy atom. The van der Waals surface area contributed by atoms with E-state index in [9.17, 15) is 14.9 Å². The second-order valence-corrected chi connectivity index (χ2v) is 5.28. The number of aromatic nitrogens is 2. The molecule has 0 amide bonds. The molecule has 0 aliphatic heterocycles. The molecular weight excluding hydrogens is 374 g/mol. The van der Waals surface area contributed by atoms with Crippen LogP contribution >= 0.6 is 15.9 Å². The Balaban J connectivity index is 2.07. The third-order valence-corrected chi connectivity index (χ3v) is 3.28. The van der Waals surface area contributed by atoms with Gasteiger partial charge in [0, 0.05) is 0 Å². The van der Waals surface area contributed by atoms with Gasteiger partial charge in [-0.25, -0.2) is 4.79 Å². The lowest BCUT2D eigenvalue weighted by molar-refractivity contribution is -0.386. The monoisotopic (exact) mass is 385 g/mol. The van der Waals surface area contributed by atoms with E-state index in [-0.39, 0.29) is 29.5 Å². The summed E-state index contributed by atoms with van der Waals surface area (Å²) in [5, 5.41) is 18.4. The molecule has 0 bridgehead atoms. The highest BCUT2D eigenvalue weighted by Crippen LogP contribution is 2.21. The van der Waals surface area contributed by atoms with Crippen LogP contribution < -0.4 is 5.73 Å². The number of carbonyl (C=O) groups excluding carboxylic acids is 1. The van der Waals surface area contributed by atoms with Gasteiger partial charge in [-0.2, -0.15) is 5.10 Å². The summed E-state index contributed by atoms with van der Waals surface area (Å²) in [5.41, 5.74) is 6.14. The van der Waals surface area contributed by atoms with Crippen molar-refractivity contribution < 1.29 is 19.0 Å². The molecule has 0 aliphatic carbocycles. The fourth-order valence-electron chi connectivity index (χ4n) is 1.86. The first-order valence-corrected chi connectivity index (χ1v) is 7.06. The summed E-state index contributed by atoms with van der Waals surface area (Å²) in [6, 6.07) is 2.93. The summed E-state index contributed by atoms with van der Waals surface area (Å²) in [6.07, 6.45) is 0. The maximum atomic E-state index is 11.6. The van der Waals surface area contributed by atoms with Crippen molar-refractivity contribution in [1.29, 1.82) is 0 Å². The van der Waals surface area contributed by atoms with Crippen molar-refractivity contribution in [3.8, 4) is 0 Å². The summed E-state index contributed by atoms with van der Waals surface area (Å²) in [7, 11) is 0. The van der Waals surface area contributed by atoms with Crippen LogP contribution in [0.25, 0.3) is 0 Å². The zero-order chi connectivity index (χ0) is 17.1. The molecule has 122 valence electrons. The predicted octanol–water partition coefficient (Wildman–Crippen LogP) is 1.89. The number of hydrogen-bond acceptors (Lipinski definition) is 7. The van der Waals surface area contributed by atoms with E-state index >= 15 is 0 Å². The zero-order valence-electron chi connectivity index (χ0n) is 12.1. The van der Waals surface area contributed by atoms with Gasteiger partial charge in [0.15, 0.2) is 10.5 Å². The molecular formula is C12H12BrN5O5. The third-order valence-electron chi connectivity index (χ3n) is 2.86. The van der Waals surface area contributed by atoms with E-state index in [0.29, 0.717) is 10.4 Å². The number of furan rings is 1. The second-order valence-electron chi connectivity index (χ2n) is 4.50. The Bertz CT molecular complexity index is 794. The highest BCUT2D eigenvalue weighted by molar-refractivity contribution is 9.10. The lowest BCUT2D eigenvalue weighted by Crippen LogP contribution is -2.22. The van der Waals surface area contributed by atoms with Crippen LogP contribution in [-0.4, -0.2) is 26.5 Å². The Hall–Kier alpha value is -2.69. The minimum Gasteiger partial charge on any atom is -0.442 e. The van der Waals surface area contributed by atoms with Crippen LogP contribution in [0.3, 0.4) is 0 Å². The van der Waals surface area contributed by atoms with Crippen LogP contribution in [0.15, 0.2) is 26.4 Å². The summed E-state index contributed by atoms with van der Waals surface area (Å²) in [5.74, 6) is -0.947. The maximum absolute atomic E-state index is 11.6. The normalized spacial score (nSPS) is 11.5. The number of rotatable bonds is 5. The molecule has 23 heavy (non-hydrogen) atoms. The van der Waals surface area contributed by atoms with E-state index in [1.807, 2.05) is 0 Å². The van der Waals surface area contributed by atoms with Gasteiger partial charge in [0.25, 0.3) is 0 Å². The van der Waals surface area contributed by atoms with Crippen molar-refractivity contribution in [3.05, 3.63) is 44.1 Å². The number of hydrogen-bond donors (Lipinski definition) is 1. The van der Waals surface area contributed by atoms with Gasteiger partial charge in [0.05, 0.1) is 4.92 Å². The molecule has 2 N–H and O–H groups in total. The Morgan fingerprint density at radius 1 is 1.57 bits per heavy atom. The molecule has 11 heteroatoms. The molecule has 0 saturated carbocycles. The van der Waals surface area contributed by atoms with Crippen molar-refractivity contribution in [2.24, 2.45) is 10.9 Å². The number of carbonyl (C=O) groups is 1. The zero-order valence-corrected chi connectivity index (χ0v) is 13.7. The Morgan fingerprint density at radius 2 is 2.26 bits per heavy atom. The number of nitrogens with zero attached hydrogens (tertiary/aromatic N) is 4. The standard InChI is InChI=1S/C12H12BrN5O5/c1-6-11(18(20)21)7(2)17(15-6)5-10(14)16-23-12(19)8-3-4-9(13)22-8/h3-4H,5H2,1-2H3,(H2,14,16). The van der Waals surface area contributed by atoms with Gasteiger partial charge >= 0.3 is 11.7 Å². The number of oxime groups is 1. The van der Waals surface area contributed by atoms with Crippen LogP contribution in [-0.2, 0) is 11.4 Å². The van der Waals surface area contributed by atoms with Crippen molar-refractivity contribution in [2.45, 2.75) is 20.4 Å². The molecule has 0 unspecified atom stereocenters. The van der Waals surface area contributed by atoms with Crippen LogP contribution in [0.2, 0.25) is 0 Å². The highest BCUT2D eigenvalue weighted by atomic mass is 79.9. The largest absolute Gasteiger partial charge is 0.442 e. The van der Waals surface area contributed by atoms with Crippen LogP contribution in [0.5, 0.6) is 0 Å². The van der Waals surface area contributed by atoms with E-state index in [2.05, 4.69) is 31.0 Å². The van der Waals surface area contributed by atoms with Gasteiger partial charge in [-0.3, -0.25) is 14.8 Å². The first kappa shape index (κ1) is 16.7. The topological polar surface area (TPSA) is 139 Å². The first-order valence-electron chi connectivity index (χ1n) is 6.27. The van der Waals surface area contributed by atoms with Gasteiger partial charge in [-0.1, -0.05) is 5.16 Å².